The first-order chi connectivity index (χ1) is 14.3. The Morgan fingerprint density at radius 1 is 1.17 bits per heavy atom. The monoisotopic (exact) mass is 441 g/mol. The Balaban J connectivity index is 1.57. The highest BCUT2D eigenvalue weighted by Crippen LogP contribution is 2.48. The summed E-state index contributed by atoms with van der Waals surface area (Å²) >= 11 is 5.80. The summed E-state index contributed by atoms with van der Waals surface area (Å²) in [5, 5.41) is -0.459. The van der Waals surface area contributed by atoms with Crippen LogP contribution < -0.4 is 14.5 Å². The summed E-state index contributed by atoms with van der Waals surface area (Å²) in [5.74, 6) is 0.178. The van der Waals surface area contributed by atoms with Crippen molar-refractivity contribution < 1.29 is 22.7 Å². The number of nitrogens with zero attached hydrogens (tertiary/aromatic N) is 5. The number of fused-ring (bicyclic) bond motifs is 1. The molecule has 30 heavy (non-hydrogen) atoms. The molecule has 0 saturated carbocycles. The van der Waals surface area contributed by atoms with Gasteiger partial charge in [0.15, 0.2) is 5.75 Å². The SMILES string of the molecule is CC1COc2c(ccc(Cl)c2C(F)(F)F)N1C(=O)N1CCN(c2ncccn2)CC1. The van der Waals surface area contributed by atoms with Crippen molar-refractivity contribution >= 4 is 29.3 Å². The summed E-state index contributed by atoms with van der Waals surface area (Å²) in [7, 11) is 0. The maximum absolute atomic E-state index is 13.5. The van der Waals surface area contributed by atoms with Crippen LogP contribution in [0.15, 0.2) is 30.6 Å². The van der Waals surface area contributed by atoms with Gasteiger partial charge in [-0.3, -0.25) is 4.90 Å². The van der Waals surface area contributed by atoms with Crippen LogP contribution in [0, 0.1) is 0 Å². The van der Waals surface area contributed by atoms with Crippen LogP contribution >= 0.6 is 11.6 Å². The Morgan fingerprint density at radius 2 is 1.83 bits per heavy atom. The molecule has 2 aliphatic rings. The van der Waals surface area contributed by atoms with Crippen molar-refractivity contribution in [3.8, 4) is 5.75 Å². The van der Waals surface area contributed by atoms with Crippen LogP contribution in [0.1, 0.15) is 12.5 Å². The fraction of sp³-hybridized carbons (Fsp3) is 0.421. The zero-order valence-electron chi connectivity index (χ0n) is 16.1. The van der Waals surface area contributed by atoms with E-state index >= 15 is 0 Å². The van der Waals surface area contributed by atoms with Gasteiger partial charge in [-0.15, -0.1) is 0 Å². The molecule has 160 valence electrons. The van der Waals surface area contributed by atoms with Gasteiger partial charge in [-0.1, -0.05) is 11.6 Å². The largest absolute Gasteiger partial charge is 0.489 e. The molecular formula is C19H19ClF3N5O2. The summed E-state index contributed by atoms with van der Waals surface area (Å²) in [6.45, 7) is 3.52. The number of urea groups is 1. The molecule has 0 radical (unpaired) electrons. The highest BCUT2D eigenvalue weighted by Gasteiger charge is 2.43. The van der Waals surface area contributed by atoms with Gasteiger partial charge in [-0.25, -0.2) is 14.8 Å². The number of hydrogen-bond donors (Lipinski definition) is 0. The molecule has 1 atom stereocenters. The molecule has 1 unspecified atom stereocenters. The van der Waals surface area contributed by atoms with Gasteiger partial charge in [-0.2, -0.15) is 13.2 Å². The molecule has 0 bridgehead atoms. The molecule has 2 amide bonds. The van der Waals surface area contributed by atoms with E-state index in [9.17, 15) is 18.0 Å². The van der Waals surface area contributed by atoms with Gasteiger partial charge in [0.25, 0.3) is 0 Å². The van der Waals surface area contributed by atoms with Gasteiger partial charge in [0.2, 0.25) is 5.95 Å². The van der Waals surface area contributed by atoms with E-state index in [1.165, 1.54) is 11.0 Å². The molecule has 4 rings (SSSR count). The maximum atomic E-state index is 13.5. The molecule has 0 N–H and O–H groups in total. The number of anilines is 2. The lowest BCUT2D eigenvalue weighted by Gasteiger charge is -2.41. The number of alkyl halides is 3. The Hall–Kier alpha value is -2.75. The molecule has 0 aliphatic carbocycles. The van der Waals surface area contributed by atoms with E-state index in [4.69, 9.17) is 16.3 Å². The number of amides is 2. The first-order valence-electron chi connectivity index (χ1n) is 9.40. The van der Waals surface area contributed by atoms with Crippen molar-refractivity contribution in [1.82, 2.24) is 14.9 Å². The van der Waals surface area contributed by atoms with Crippen molar-refractivity contribution in [2.45, 2.75) is 19.1 Å². The van der Waals surface area contributed by atoms with E-state index in [-0.39, 0.29) is 18.3 Å². The average molecular weight is 442 g/mol. The molecule has 1 aromatic carbocycles. The standard InChI is InChI=1S/C19H19ClF3N5O2/c1-12-11-30-16-14(4-3-13(20)15(16)19(21,22)23)28(12)18(29)27-9-7-26(8-10-27)17-24-5-2-6-25-17/h2-6,12H,7-11H2,1H3. The number of ether oxygens (including phenoxy) is 1. The first kappa shape index (κ1) is 20.5. The van der Waals surface area contributed by atoms with Gasteiger partial charge in [0.05, 0.1) is 16.8 Å². The lowest BCUT2D eigenvalue weighted by Crippen LogP contribution is -2.56. The number of carbonyl (C=O) groups excluding carboxylic acids is 1. The zero-order valence-corrected chi connectivity index (χ0v) is 16.8. The molecular weight excluding hydrogens is 423 g/mol. The Kier molecular flexibility index (Phi) is 5.35. The summed E-state index contributed by atoms with van der Waals surface area (Å²) in [6.07, 6.45) is -1.40. The van der Waals surface area contributed by atoms with Crippen LogP contribution in [-0.2, 0) is 6.18 Å². The van der Waals surface area contributed by atoms with Crippen molar-refractivity contribution in [1.29, 1.82) is 0 Å². The van der Waals surface area contributed by atoms with Crippen molar-refractivity contribution in [2.24, 2.45) is 0 Å². The van der Waals surface area contributed by atoms with E-state index in [0.29, 0.717) is 32.1 Å². The Bertz CT molecular complexity index is 936. The van der Waals surface area contributed by atoms with Crippen LogP contribution in [0.2, 0.25) is 5.02 Å². The number of benzene rings is 1. The highest BCUT2D eigenvalue weighted by atomic mass is 35.5. The number of carbonyl (C=O) groups is 1. The topological polar surface area (TPSA) is 61.8 Å². The van der Waals surface area contributed by atoms with Crippen LogP contribution in [0.3, 0.4) is 0 Å². The number of piperazine rings is 1. The minimum absolute atomic E-state index is 0.0556. The molecule has 7 nitrogen and oxygen atoms in total. The zero-order chi connectivity index (χ0) is 21.5. The number of rotatable bonds is 1. The normalized spacial score (nSPS) is 19.4. The molecule has 0 spiro atoms. The summed E-state index contributed by atoms with van der Waals surface area (Å²) < 4.78 is 46.0. The fourth-order valence-corrected chi connectivity index (χ4v) is 3.92. The lowest BCUT2D eigenvalue weighted by molar-refractivity contribution is -0.138. The predicted octanol–water partition coefficient (Wildman–Crippen LogP) is 3.68. The molecule has 1 aromatic heterocycles. The fourth-order valence-electron chi connectivity index (χ4n) is 3.66. The van der Waals surface area contributed by atoms with E-state index in [2.05, 4.69) is 9.97 Å². The molecule has 1 fully saturated rings. The first-order valence-corrected chi connectivity index (χ1v) is 9.77. The van der Waals surface area contributed by atoms with Crippen molar-refractivity contribution in [2.75, 3.05) is 42.6 Å². The third-order valence-corrected chi connectivity index (χ3v) is 5.44. The minimum atomic E-state index is -4.70. The smallest absolute Gasteiger partial charge is 0.421 e. The third-order valence-electron chi connectivity index (χ3n) is 5.13. The number of halogens is 4. The van der Waals surface area contributed by atoms with Crippen LogP contribution in [0.25, 0.3) is 0 Å². The van der Waals surface area contributed by atoms with E-state index < -0.39 is 28.6 Å². The van der Waals surface area contributed by atoms with Gasteiger partial charge < -0.3 is 14.5 Å². The van der Waals surface area contributed by atoms with Gasteiger partial charge in [-0.05, 0) is 25.1 Å². The predicted molar refractivity (Wildman–Crippen MR) is 105 cm³/mol. The number of hydrogen-bond acceptors (Lipinski definition) is 5. The Labute approximate surface area is 176 Å². The van der Waals surface area contributed by atoms with Crippen molar-refractivity contribution in [3.63, 3.8) is 0 Å². The molecule has 2 aromatic rings. The molecule has 2 aliphatic heterocycles. The van der Waals surface area contributed by atoms with E-state index in [1.807, 2.05) is 4.90 Å². The quantitative estimate of drug-likeness (QED) is 0.675. The second-order valence-corrected chi connectivity index (χ2v) is 7.51. The van der Waals surface area contributed by atoms with Crippen LogP contribution in [0.4, 0.5) is 29.6 Å². The molecule has 1 saturated heterocycles. The van der Waals surface area contributed by atoms with Crippen LogP contribution in [0.5, 0.6) is 5.75 Å². The molecule has 3 heterocycles. The average Bonchev–Trinajstić information content (AvgIpc) is 2.73. The second-order valence-electron chi connectivity index (χ2n) is 7.10. The summed E-state index contributed by atoms with van der Waals surface area (Å²) in [6, 6.07) is 3.48. The third kappa shape index (κ3) is 3.71. The summed E-state index contributed by atoms with van der Waals surface area (Å²) in [5.41, 5.74) is -0.985. The molecule has 11 heteroatoms. The summed E-state index contributed by atoms with van der Waals surface area (Å²) in [4.78, 5) is 26.6. The van der Waals surface area contributed by atoms with Gasteiger partial charge in [0.1, 0.15) is 12.2 Å². The van der Waals surface area contributed by atoms with E-state index in [0.717, 1.165) is 6.07 Å². The second kappa shape index (κ2) is 7.82. The maximum Gasteiger partial charge on any atom is 0.421 e. The highest BCUT2D eigenvalue weighted by molar-refractivity contribution is 6.31. The van der Waals surface area contributed by atoms with Crippen LogP contribution in [-0.4, -0.2) is 59.7 Å². The van der Waals surface area contributed by atoms with Gasteiger partial charge >= 0.3 is 12.2 Å². The minimum Gasteiger partial charge on any atom is -0.489 e. The number of aromatic nitrogens is 2. The Morgan fingerprint density at radius 3 is 2.47 bits per heavy atom. The van der Waals surface area contributed by atoms with E-state index in [1.54, 1.807) is 30.3 Å². The lowest BCUT2D eigenvalue weighted by atomic mass is 10.1. The van der Waals surface area contributed by atoms with Gasteiger partial charge in [0, 0.05) is 38.6 Å². The van der Waals surface area contributed by atoms with Crippen molar-refractivity contribution in [3.05, 3.63) is 41.2 Å².